The minimum Gasteiger partial charge on any atom is -0.494 e. The molecule has 2 heterocycles. The summed E-state index contributed by atoms with van der Waals surface area (Å²) in [5, 5.41) is 16.0. The molecule has 4 rings (SSSR count). The molecule has 0 unspecified atom stereocenters. The van der Waals surface area contributed by atoms with Gasteiger partial charge in [-0.1, -0.05) is 18.2 Å². The van der Waals surface area contributed by atoms with Gasteiger partial charge in [-0.2, -0.15) is 0 Å². The number of para-hydroxylation sites is 1. The van der Waals surface area contributed by atoms with Crippen LogP contribution in [-0.4, -0.2) is 78.8 Å². The number of aromatic nitrogens is 3. The van der Waals surface area contributed by atoms with Gasteiger partial charge in [0.25, 0.3) is 5.69 Å². The summed E-state index contributed by atoms with van der Waals surface area (Å²) in [5.41, 5.74) is 2.94. The number of ether oxygens (including phenoxy) is 2. The molecule has 0 saturated heterocycles. The average Bonchev–Trinajstić information content (AvgIpc) is 3.33. The van der Waals surface area contributed by atoms with Crippen molar-refractivity contribution in [3.05, 3.63) is 64.5 Å². The third-order valence-corrected chi connectivity index (χ3v) is 6.61. The maximum atomic E-state index is 12.7. The highest BCUT2D eigenvalue weighted by Gasteiger charge is 2.24. The zero-order valence-corrected chi connectivity index (χ0v) is 23.5. The molecule has 0 saturated carbocycles. The first kappa shape index (κ1) is 28.3. The fourth-order valence-corrected chi connectivity index (χ4v) is 4.47. The Hall–Kier alpha value is -4.71. The third kappa shape index (κ3) is 5.66. The van der Waals surface area contributed by atoms with E-state index >= 15 is 0 Å². The summed E-state index contributed by atoms with van der Waals surface area (Å²) < 4.78 is 12.7. The van der Waals surface area contributed by atoms with Gasteiger partial charge in [-0.3, -0.25) is 10.1 Å². The van der Waals surface area contributed by atoms with Crippen molar-refractivity contribution < 1.29 is 19.2 Å². The normalized spacial score (nSPS) is 11.1. The lowest BCUT2D eigenvalue weighted by Gasteiger charge is -2.22. The number of hydrogen-bond donors (Lipinski definition) is 1. The second-order valence-electron chi connectivity index (χ2n) is 9.44. The Labute approximate surface area is 232 Å². The predicted molar refractivity (Wildman–Crippen MR) is 155 cm³/mol. The van der Waals surface area contributed by atoms with E-state index in [2.05, 4.69) is 19.9 Å². The smallest absolute Gasteiger partial charge is 0.341 e. The van der Waals surface area contributed by atoms with Gasteiger partial charge in [-0.25, -0.2) is 14.8 Å². The van der Waals surface area contributed by atoms with Crippen molar-refractivity contribution in [3.63, 3.8) is 0 Å². The van der Waals surface area contributed by atoms with Crippen LogP contribution in [-0.2, 0) is 11.3 Å². The van der Waals surface area contributed by atoms with Gasteiger partial charge in [0.1, 0.15) is 17.0 Å². The molecule has 2 aromatic heterocycles. The van der Waals surface area contributed by atoms with Crippen LogP contribution in [0.1, 0.15) is 17.3 Å². The van der Waals surface area contributed by atoms with Crippen molar-refractivity contribution in [2.75, 3.05) is 58.7 Å². The number of benzene rings is 2. The molecule has 0 aliphatic carbocycles. The van der Waals surface area contributed by atoms with E-state index in [-0.39, 0.29) is 17.2 Å². The van der Waals surface area contributed by atoms with Gasteiger partial charge in [-0.15, -0.1) is 0 Å². The molecule has 40 heavy (non-hydrogen) atoms. The molecule has 0 spiro atoms. The number of nitrogens with one attached hydrogen (secondary N) is 1. The zero-order chi connectivity index (χ0) is 29.0. The van der Waals surface area contributed by atoms with Gasteiger partial charge >= 0.3 is 5.97 Å². The molecule has 0 aliphatic heterocycles. The van der Waals surface area contributed by atoms with Crippen LogP contribution in [0.3, 0.4) is 0 Å². The molecule has 12 heteroatoms. The molecule has 4 aromatic rings. The SMILES string of the molecule is CCn1cc(-c2nc(Nc3cc([N+](=O)[O-])c(N(C)CCN(C)C)cc3OC)ncc2C(=O)OC)c2ccccc21. The largest absolute Gasteiger partial charge is 0.494 e. The summed E-state index contributed by atoms with van der Waals surface area (Å²) >= 11 is 0. The molecular formula is C28H33N7O5. The molecule has 0 fully saturated rings. The maximum Gasteiger partial charge on any atom is 0.341 e. The maximum absolute atomic E-state index is 12.7. The fourth-order valence-electron chi connectivity index (χ4n) is 4.47. The van der Waals surface area contributed by atoms with E-state index in [1.165, 1.54) is 26.5 Å². The number of rotatable bonds is 11. The second kappa shape index (κ2) is 12.0. The van der Waals surface area contributed by atoms with Crippen molar-refractivity contribution in [2.45, 2.75) is 13.5 Å². The van der Waals surface area contributed by atoms with Crippen molar-refractivity contribution in [3.8, 4) is 17.0 Å². The lowest BCUT2D eigenvalue weighted by Crippen LogP contribution is -2.29. The summed E-state index contributed by atoms with van der Waals surface area (Å²) in [5.74, 6) is -0.0624. The number of hydrogen-bond acceptors (Lipinski definition) is 10. The van der Waals surface area contributed by atoms with E-state index < -0.39 is 10.9 Å². The molecule has 210 valence electrons. The van der Waals surface area contributed by atoms with Crippen LogP contribution in [0.15, 0.2) is 48.8 Å². The molecule has 2 aromatic carbocycles. The fraction of sp³-hybridized carbons (Fsp3) is 0.321. The highest BCUT2D eigenvalue weighted by molar-refractivity contribution is 6.03. The highest BCUT2D eigenvalue weighted by atomic mass is 16.6. The Balaban J connectivity index is 1.81. The van der Waals surface area contributed by atoms with Gasteiger partial charge in [0.15, 0.2) is 0 Å². The number of likely N-dealkylation sites (N-methyl/N-ethyl adjacent to an activating group) is 2. The van der Waals surface area contributed by atoms with Crippen molar-refractivity contribution in [2.24, 2.45) is 0 Å². The van der Waals surface area contributed by atoms with Crippen LogP contribution in [0.2, 0.25) is 0 Å². The predicted octanol–water partition coefficient (Wildman–Crippen LogP) is 4.56. The number of carbonyl (C=O) groups is 1. The number of fused-ring (bicyclic) bond motifs is 1. The lowest BCUT2D eigenvalue weighted by atomic mass is 10.1. The van der Waals surface area contributed by atoms with Crippen LogP contribution < -0.4 is 15.0 Å². The Bertz CT molecular complexity index is 1550. The molecular weight excluding hydrogens is 514 g/mol. The van der Waals surface area contributed by atoms with Crippen molar-refractivity contribution >= 4 is 39.9 Å². The van der Waals surface area contributed by atoms with E-state index in [1.807, 2.05) is 61.3 Å². The monoisotopic (exact) mass is 547 g/mol. The first-order chi connectivity index (χ1) is 19.2. The summed E-state index contributed by atoms with van der Waals surface area (Å²) in [4.78, 5) is 37.1. The Morgan fingerprint density at radius 3 is 2.55 bits per heavy atom. The summed E-state index contributed by atoms with van der Waals surface area (Å²) in [6.45, 7) is 4.05. The van der Waals surface area contributed by atoms with E-state index in [9.17, 15) is 14.9 Å². The Morgan fingerprint density at radius 1 is 1.15 bits per heavy atom. The molecule has 1 N–H and O–H groups in total. The first-order valence-electron chi connectivity index (χ1n) is 12.7. The molecule has 0 amide bonds. The van der Waals surface area contributed by atoms with Crippen LogP contribution >= 0.6 is 0 Å². The third-order valence-electron chi connectivity index (χ3n) is 6.61. The van der Waals surface area contributed by atoms with E-state index in [0.717, 1.165) is 23.0 Å². The second-order valence-corrected chi connectivity index (χ2v) is 9.44. The number of nitrogens with zero attached hydrogens (tertiary/aromatic N) is 6. The lowest BCUT2D eigenvalue weighted by molar-refractivity contribution is -0.384. The summed E-state index contributed by atoms with van der Waals surface area (Å²) in [6, 6.07) is 10.9. The van der Waals surface area contributed by atoms with Gasteiger partial charge in [0.2, 0.25) is 5.95 Å². The number of carbonyl (C=O) groups excluding carboxylic acids is 1. The summed E-state index contributed by atoms with van der Waals surface area (Å²) in [7, 11) is 8.47. The number of aryl methyl sites for hydroxylation is 1. The summed E-state index contributed by atoms with van der Waals surface area (Å²) in [6.07, 6.45) is 3.33. The quantitative estimate of drug-likeness (QED) is 0.162. The van der Waals surface area contributed by atoms with Gasteiger partial charge < -0.3 is 29.2 Å². The van der Waals surface area contributed by atoms with Gasteiger partial charge in [0.05, 0.1) is 30.5 Å². The number of esters is 1. The minimum absolute atomic E-state index is 0.0954. The van der Waals surface area contributed by atoms with Crippen LogP contribution in [0, 0.1) is 10.1 Å². The average molecular weight is 548 g/mol. The molecule has 0 atom stereocenters. The number of nitro benzene ring substituents is 1. The minimum atomic E-state index is -0.576. The van der Waals surface area contributed by atoms with Gasteiger partial charge in [-0.05, 0) is 27.1 Å². The standard InChI is InChI=1S/C28H33N7O5/c1-7-34-17-20(18-10-8-9-11-22(18)34)26-19(27(36)40-6)16-29-28(31-26)30-21-14-24(35(37)38)23(15-25(21)39-5)33(4)13-12-32(2)3/h8-11,14-17H,7,12-13H2,1-6H3,(H,29,30,31). The Morgan fingerprint density at radius 2 is 1.90 bits per heavy atom. The van der Waals surface area contributed by atoms with E-state index in [1.54, 1.807) is 13.1 Å². The van der Waals surface area contributed by atoms with E-state index in [0.29, 0.717) is 35.9 Å². The molecule has 0 bridgehead atoms. The first-order valence-corrected chi connectivity index (χ1v) is 12.7. The number of nitro groups is 1. The number of anilines is 3. The molecule has 12 nitrogen and oxygen atoms in total. The number of methoxy groups -OCH3 is 2. The molecule has 0 aliphatic rings. The van der Waals surface area contributed by atoms with Crippen LogP contribution in [0.4, 0.5) is 23.0 Å². The Kier molecular flexibility index (Phi) is 8.49. The van der Waals surface area contributed by atoms with Gasteiger partial charge in [0, 0.05) is 67.7 Å². The van der Waals surface area contributed by atoms with Crippen molar-refractivity contribution in [1.82, 2.24) is 19.4 Å². The van der Waals surface area contributed by atoms with Crippen molar-refractivity contribution in [1.29, 1.82) is 0 Å². The molecule has 0 radical (unpaired) electrons. The highest BCUT2D eigenvalue weighted by Crippen LogP contribution is 2.39. The topological polar surface area (TPSA) is 128 Å². The van der Waals surface area contributed by atoms with Crippen LogP contribution in [0.25, 0.3) is 22.2 Å². The van der Waals surface area contributed by atoms with E-state index in [4.69, 9.17) is 9.47 Å². The van der Waals surface area contributed by atoms with Crippen LogP contribution in [0.5, 0.6) is 5.75 Å². The zero-order valence-electron chi connectivity index (χ0n) is 23.5.